The van der Waals surface area contributed by atoms with Crippen LogP contribution in [0.25, 0.3) is 10.9 Å². The van der Waals surface area contributed by atoms with Crippen LogP contribution in [-0.4, -0.2) is 78.2 Å². The molecule has 1 amide bonds. The highest BCUT2D eigenvalue weighted by Gasteiger charge is 2.18. The van der Waals surface area contributed by atoms with E-state index in [1.54, 1.807) is 0 Å². The van der Waals surface area contributed by atoms with Gasteiger partial charge in [-0.15, -0.1) is 0 Å². The Balaban J connectivity index is 1.36. The smallest absolute Gasteiger partial charge is 0.234 e. The molecule has 0 unspecified atom stereocenters. The third-order valence-corrected chi connectivity index (χ3v) is 4.86. The van der Waals surface area contributed by atoms with Gasteiger partial charge in [0, 0.05) is 63.0 Å². The average Bonchev–Trinajstić information content (AvgIpc) is 3.04. The number of nitrogens with one attached hydrogen (secondary N) is 2. The first-order chi connectivity index (χ1) is 12.3. The molecule has 0 radical (unpaired) electrons. The number of fused-ring (bicyclic) bond motifs is 1. The highest BCUT2D eigenvalue weighted by atomic mass is 16.3. The first-order valence-corrected chi connectivity index (χ1v) is 9.13. The van der Waals surface area contributed by atoms with Crippen LogP contribution in [0, 0.1) is 0 Å². The van der Waals surface area contributed by atoms with Crippen LogP contribution in [0.15, 0.2) is 30.5 Å². The molecule has 3 N–H and O–H groups in total. The van der Waals surface area contributed by atoms with Gasteiger partial charge in [0.1, 0.15) is 0 Å². The minimum absolute atomic E-state index is 0.101. The van der Waals surface area contributed by atoms with E-state index in [-0.39, 0.29) is 12.5 Å². The maximum atomic E-state index is 12.1. The number of carbonyl (C=O) groups is 1. The van der Waals surface area contributed by atoms with Crippen LogP contribution in [0.1, 0.15) is 12.0 Å². The molecule has 1 aromatic carbocycles. The fourth-order valence-electron chi connectivity index (χ4n) is 3.40. The molecule has 25 heavy (non-hydrogen) atoms. The van der Waals surface area contributed by atoms with Crippen LogP contribution in [-0.2, 0) is 11.2 Å². The summed E-state index contributed by atoms with van der Waals surface area (Å²) in [6, 6.07) is 8.24. The molecule has 6 nitrogen and oxygen atoms in total. The zero-order chi connectivity index (χ0) is 17.5. The zero-order valence-electron chi connectivity index (χ0n) is 14.7. The van der Waals surface area contributed by atoms with Gasteiger partial charge in [-0.2, -0.15) is 0 Å². The Kier molecular flexibility index (Phi) is 6.44. The summed E-state index contributed by atoms with van der Waals surface area (Å²) in [6.07, 6.45) is 3.70. The Labute approximate surface area is 148 Å². The molecule has 3 rings (SSSR count). The third kappa shape index (κ3) is 5.04. The number of nitrogens with zero attached hydrogens (tertiary/aromatic N) is 2. The van der Waals surface area contributed by atoms with Gasteiger partial charge >= 0.3 is 0 Å². The maximum Gasteiger partial charge on any atom is 0.234 e. The number of aromatic nitrogens is 1. The van der Waals surface area contributed by atoms with E-state index in [1.165, 1.54) is 10.9 Å². The second-order valence-electron chi connectivity index (χ2n) is 6.65. The topological polar surface area (TPSA) is 71.6 Å². The van der Waals surface area contributed by atoms with E-state index in [0.717, 1.165) is 51.1 Å². The summed E-state index contributed by atoms with van der Waals surface area (Å²) >= 11 is 0. The zero-order valence-corrected chi connectivity index (χ0v) is 14.7. The summed E-state index contributed by atoms with van der Waals surface area (Å²) in [5.41, 5.74) is 2.39. The number of benzene rings is 1. The molecule has 1 fully saturated rings. The van der Waals surface area contributed by atoms with Crippen LogP contribution in [0.2, 0.25) is 0 Å². The molecular weight excluding hydrogens is 316 g/mol. The molecule has 1 saturated heterocycles. The van der Waals surface area contributed by atoms with Crippen molar-refractivity contribution in [2.45, 2.75) is 12.8 Å². The van der Waals surface area contributed by atoms with Crippen molar-refractivity contribution < 1.29 is 9.90 Å². The van der Waals surface area contributed by atoms with Crippen LogP contribution in [0.3, 0.4) is 0 Å². The number of aromatic amines is 1. The van der Waals surface area contributed by atoms with Gasteiger partial charge in [-0.05, 0) is 24.5 Å². The van der Waals surface area contributed by atoms with Gasteiger partial charge in [0.25, 0.3) is 0 Å². The summed E-state index contributed by atoms with van der Waals surface area (Å²) in [4.78, 5) is 20.0. The van der Waals surface area contributed by atoms with Gasteiger partial charge in [-0.1, -0.05) is 18.2 Å². The van der Waals surface area contributed by atoms with Crippen molar-refractivity contribution in [2.75, 3.05) is 52.4 Å². The van der Waals surface area contributed by atoms with Gasteiger partial charge in [0.2, 0.25) is 5.91 Å². The van der Waals surface area contributed by atoms with Gasteiger partial charge < -0.3 is 20.3 Å². The first-order valence-electron chi connectivity index (χ1n) is 9.13. The maximum absolute atomic E-state index is 12.1. The van der Waals surface area contributed by atoms with Crippen LogP contribution in [0.4, 0.5) is 0 Å². The normalized spacial score (nSPS) is 16.4. The van der Waals surface area contributed by atoms with Crippen molar-refractivity contribution in [3.8, 4) is 0 Å². The first kappa shape index (κ1) is 17.9. The largest absolute Gasteiger partial charge is 0.396 e. The Morgan fingerprint density at radius 2 is 1.92 bits per heavy atom. The second kappa shape index (κ2) is 8.99. The minimum Gasteiger partial charge on any atom is -0.396 e. The quantitative estimate of drug-likeness (QED) is 0.663. The number of hydrogen-bond donors (Lipinski definition) is 3. The van der Waals surface area contributed by atoms with Gasteiger partial charge in [0.05, 0.1) is 6.54 Å². The summed E-state index contributed by atoms with van der Waals surface area (Å²) in [7, 11) is 0. The van der Waals surface area contributed by atoms with E-state index in [1.807, 2.05) is 18.3 Å². The molecule has 0 spiro atoms. The monoisotopic (exact) mass is 344 g/mol. The minimum atomic E-state index is 0.101. The number of aliphatic hydroxyl groups is 1. The predicted molar refractivity (Wildman–Crippen MR) is 99.6 cm³/mol. The third-order valence-electron chi connectivity index (χ3n) is 4.86. The van der Waals surface area contributed by atoms with Crippen molar-refractivity contribution in [2.24, 2.45) is 0 Å². The molecule has 2 aromatic rings. The molecule has 136 valence electrons. The van der Waals surface area contributed by atoms with Crippen molar-refractivity contribution in [3.05, 3.63) is 36.0 Å². The predicted octanol–water partition coefficient (Wildman–Crippen LogP) is 0.827. The van der Waals surface area contributed by atoms with E-state index in [4.69, 9.17) is 5.11 Å². The molecule has 0 atom stereocenters. The van der Waals surface area contributed by atoms with E-state index < -0.39 is 0 Å². The Morgan fingerprint density at radius 1 is 1.16 bits per heavy atom. The lowest BCUT2D eigenvalue weighted by molar-refractivity contribution is -0.122. The summed E-state index contributed by atoms with van der Waals surface area (Å²) in [6.45, 7) is 6.12. The van der Waals surface area contributed by atoms with Crippen molar-refractivity contribution in [1.29, 1.82) is 0 Å². The number of rotatable bonds is 8. The fourth-order valence-corrected chi connectivity index (χ4v) is 3.40. The highest BCUT2D eigenvalue weighted by molar-refractivity contribution is 5.83. The van der Waals surface area contributed by atoms with Crippen molar-refractivity contribution in [3.63, 3.8) is 0 Å². The lowest BCUT2D eigenvalue weighted by Crippen LogP contribution is -2.49. The molecule has 0 aliphatic carbocycles. The van der Waals surface area contributed by atoms with Crippen LogP contribution in [0.5, 0.6) is 0 Å². The second-order valence-corrected chi connectivity index (χ2v) is 6.65. The number of carbonyl (C=O) groups excluding carboxylic acids is 1. The number of para-hydroxylation sites is 1. The fraction of sp³-hybridized carbons (Fsp3) is 0.526. The number of aliphatic hydroxyl groups excluding tert-OH is 1. The Hall–Kier alpha value is -1.89. The molecule has 6 heteroatoms. The van der Waals surface area contributed by atoms with Crippen molar-refractivity contribution in [1.82, 2.24) is 20.1 Å². The SMILES string of the molecule is O=C(CN1CCN(CCCO)CC1)NCCc1c[nH]c2ccccc12. The lowest BCUT2D eigenvalue weighted by atomic mass is 10.1. The molecule has 2 heterocycles. The van der Waals surface area contributed by atoms with Crippen LogP contribution >= 0.6 is 0 Å². The standard InChI is InChI=1S/C19H28N4O2/c24-13-3-8-22-9-11-23(12-10-22)15-19(25)20-7-6-16-14-21-18-5-2-1-4-17(16)18/h1-2,4-5,14,21,24H,3,6-13,15H2,(H,20,25). The van der Waals surface area contributed by atoms with Gasteiger partial charge in [-0.25, -0.2) is 0 Å². The Bertz CT molecular complexity index is 677. The number of hydrogen-bond acceptors (Lipinski definition) is 4. The molecule has 1 aliphatic rings. The number of piperazine rings is 1. The summed E-state index contributed by atoms with van der Waals surface area (Å²) in [5, 5.41) is 13.2. The summed E-state index contributed by atoms with van der Waals surface area (Å²) < 4.78 is 0. The van der Waals surface area contributed by atoms with Crippen molar-refractivity contribution >= 4 is 16.8 Å². The lowest BCUT2D eigenvalue weighted by Gasteiger charge is -2.34. The van der Waals surface area contributed by atoms with E-state index >= 15 is 0 Å². The molecule has 1 aliphatic heterocycles. The molecule has 0 bridgehead atoms. The van der Waals surface area contributed by atoms with Gasteiger partial charge in [0.15, 0.2) is 0 Å². The summed E-state index contributed by atoms with van der Waals surface area (Å²) in [5.74, 6) is 0.101. The number of H-pyrrole nitrogens is 1. The molecular formula is C19H28N4O2. The molecule has 0 saturated carbocycles. The van der Waals surface area contributed by atoms with E-state index in [2.05, 4.69) is 32.2 Å². The van der Waals surface area contributed by atoms with E-state index in [0.29, 0.717) is 13.1 Å². The highest BCUT2D eigenvalue weighted by Crippen LogP contribution is 2.17. The van der Waals surface area contributed by atoms with E-state index in [9.17, 15) is 4.79 Å². The Morgan fingerprint density at radius 3 is 2.72 bits per heavy atom. The van der Waals surface area contributed by atoms with Crippen LogP contribution < -0.4 is 5.32 Å². The van der Waals surface area contributed by atoms with Gasteiger partial charge in [-0.3, -0.25) is 9.69 Å². The molecule has 1 aromatic heterocycles. The average molecular weight is 344 g/mol. The number of amides is 1.